The number of thioether (sulfide) groups is 1. The number of benzene rings is 1. The molecule has 146 valence electrons. The zero-order valence-corrected chi connectivity index (χ0v) is 17.1. The number of nitriles is 1. The molecule has 0 bridgehead atoms. The third-order valence-corrected chi connectivity index (χ3v) is 5.81. The summed E-state index contributed by atoms with van der Waals surface area (Å²) in [4.78, 5) is 17.4. The van der Waals surface area contributed by atoms with E-state index in [-0.39, 0.29) is 5.91 Å². The van der Waals surface area contributed by atoms with Crippen LogP contribution >= 0.6 is 11.8 Å². The minimum Gasteiger partial charge on any atom is -0.497 e. The van der Waals surface area contributed by atoms with Crippen LogP contribution in [0.2, 0.25) is 0 Å². The molecule has 0 saturated heterocycles. The number of nitrogens with one attached hydrogen (secondary N) is 1. The molecule has 0 aliphatic heterocycles. The lowest BCUT2D eigenvalue weighted by atomic mass is 9.95. The van der Waals surface area contributed by atoms with Crippen molar-refractivity contribution in [2.75, 3.05) is 19.5 Å². The molecule has 1 amide bonds. The van der Waals surface area contributed by atoms with Crippen molar-refractivity contribution in [3.8, 4) is 17.6 Å². The number of ether oxygens (including phenoxy) is 2. The lowest BCUT2D eigenvalue weighted by Crippen LogP contribution is -2.23. The zero-order chi connectivity index (χ0) is 20.1. The van der Waals surface area contributed by atoms with Gasteiger partial charge in [-0.2, -0.15) is 5.26 Å². The summed E-state index contributed by atoms with van der Waals surface area (Å²) in [5, 5.41) is 12.6. The van der Waals surface area contributed by atoms with Crippen LogP contribution in [-0.2, 0) is 17.6 Å². The van der Waals surface area contributed by atoms with Crippen molar-refractivity contribution in [2.45, 2.75) is 42.9 Å². The van der Waals surface area contributed by atoms with Crippen LogP contribution in [0.5, 0.6) is 11.5 Å². The molecule has 2 aromatic rings. The largest absolute Gasteiger partial charge is 0.497 e. The van der Waals surface area contributed by atoms with E-state index in [9.17, 15) is 10.1 Å². The lowest BCUT2D eigenvalue weighted by Gasteiger charge is -2.18. The lowest BCUT2D eigenvalue weighted by molar-refractivity contribution is -0.115. The molecule has 1 atom stereocenters. The van der Waals surface area contributed by atoms with Crippen molar-refractivity contribution >= 4 is 23.4 Å². The summed E-state index contributed by atoms with van der Waals surface area (Å²) in [6.45, 7) is 1.80. The third-order valence-electron chi connectivity index (χ3n) is 4.71. The number of nitrogens with zero attached hydrogens (tertiary/aromatic N) is 2. The average molecular weight is 398 g/mol. The van der Waals surface area contributed by atoms with Crippen LogP contribution in [-0.4, -0.2) is 30.4 Å². The molecule has 1 unspecified atom stereocenters. The molecule has 7 heteroatoms. The predicted molar refractivity (Wildman–Crippen MR) is 109 cm³/mol. The van der Waals surface area contributed by atoms with Gasteiger partial charge in [0, 0.05) is 11.8 Å². The Hall–Kier alpha value is -2.72. The number of aromatic nitrogens is 1. The molecule has 1 N–H and O–H groups in total. The number of carbonyl (C=O) groups excluding carboxylic acids is 1. The van der Waals surface area contributed by atoms with Gasteiger partial charge in [0.25, 0.3) is 0 Å². The Balaban J connectivity index is 1.77. The number of hydrogen-bond donors (Lipinski definition) is 1. The van der Waals surface area contributed by atoms with E-state index in [0.717, 1.165) is 36.9 Å². The average Bonchev–Trinajstić information content (AvgIpc) is 2.72. The van der Waals surface area contributed by atoms with Gasteiger partial charge in [-0.25, -0.2) is 4.98 Å². The number of aryl methyl sites for hydroxylation is 2. The van der Waals surface area contributed by atoms with Crippen LogP contribution in [0.3, 0.4) is 0 Å². The molecule has 1 heterocycles. The number of methoxy groups -OCH3 is 2. The van der Waals surface area contributed by atoms with Crippen molar-refractivity contribution in [3.63, 3.8) is 0 Å². The van der Waals surface area contributed by atoms with Gasteiger partial charge < -0.3 is 14.8 Å². The smallest absolute Gasteiger partial charge is 0.237 e. The van der Waals surface area contributed by atoms with E-state index in [1.165, 1.54) is 11.8 Å². The first kappa shape index (κ1) is 20.0. The van der Waals surface area contributed by atoms with E-state index in [4.69, 9.17) is 14.5 Å². The van der Waals surface area contributed by atoms with Gasteiger partial charge in [-0.3, -0.25) is 4.79 Å². The Labute approximate surface area is 169 Å². The molecule has 1 aliphatic carbocycles. The standard InChI is InChI=1S/C21H23N3O3S/c1-13(20(25)23-18-11-16(26-2)8-9-19(18)27-3)28-21-15(12-22)10-14-6-4-5-7-17(14)24-21/h8-11,13H,4-7H2,1-3H3,(H,23,25). The highest BCUT2D eigenvalue weighted by Crippen LogP contribution is 2.32. The molecule has 0 radical (unpaired) electrons. The summed E-state index contributed by atoms with van der Waals surface area (Å²) >= 11 is 1.30. The SMILES string of the molecule is COc1ccc(OC)c(NC(=O)C(C)Sc2nc3c(cc2C#N)CCCC3)c1. The van der Waals surface area contributed by atoms with Crippen LogP contribution < -0.4 is 14.8 Å². The highest BCUT2D eigenvalue weighted by Gasteiger charge is 2.21. The van der Waals surface area contributed by atoms with Crippen molar-refractivity contribution in [1.29, 1.82) is 5.26 Å². The van der Waals surface area contributed by atoms with Crippen molar-refractivity contribution in [2.24, 2.45) is 0 Å². The number of anilines is 1. The van der Waals surface area contributed by atoms with E-state index in [1.807, 2.05) is 6.07 Å². The molecule has 1 aliphatic rings. The molecule has 0 fully saturated rings. The third kappa shape index (κ3) is 4.39. The van der Waals surface area contributed by atoms with Gasteiger partial charge in [0.15, 0.2) is 0 Å². The molecule has 0 saturated carbocycles. The zero-order valence-electron chi connectivity index (χ0n) is 16.2. The van der Waals surface area contributed by atoms with E-state index in [2.05, 4.69) is 11.4 Å². The number of hydrogen-bond acceptors (Lipinski definition) is 6. The second kappa shape index (κ2) is 8.98. The fourth-order valence-corrected chi connectivity index (χ4v) is 4.05. The summed E-state index contributed by atoms with van der Waals surface area (Å²) < 4.78 is 10.5. The Kier molecular flexibility index (Phi) is 6.42. The summed E-state index contributed by atoms with van der Waals surface area (Å²) in [7, 11) is 3.11. The van der Waals surface area contributed by atoms with E-state index in [0.29, 0.717) is 27.8 Å². The van der Waals surface area contributed by atoms with Crippen LogP contribution in [0.1, 0.15) is 36.6 Å². The first-order valence-electron chi connectivity index (χ1n) is 9.18. The first-order chi connectivity index (χ1) is 13.5. The maximum Gasteiger partial charge on any atom is 0.237 e. The van der Waals surface area contributed by atoms with Gasteiger partial charge in [-0.05, 0) is 56.4 Å². The van der Waals surface area contributed by atoms with E-state index in [1.54, 1.807) is 39.3 Å². The van der Waals surface area contributed by atoms with Gasteiger partial charge in [0.2, 0.25) is 5.91 Å². The Morgan fingerprint density at radius 3 is 2.75 bits per heavy atom. The normalized spacial score (nSPS) is 13.8. The predicted octanol–water partition coefficient (Wildman–Crippen LogP) is 3.97. The van der Waals surface area contributed by atoms with Crippen LogP contribution in [0, 0.1) is 11.3 Å². The van der Waals surface area contributed by atoms with Crippen LogP contribution in [0.15, 0.2) is 29.3 Å². The monoisotopic (exact) mass is 397 g/mol. The second-order valence-electron chi connectivity index (χ2n) is 6.58. The van der Waals surface area contributed by atoms with Crippen LogP contribution in [0.25, 0.3) is 0 Å². The Morgan fingerprint density at radius 1 is 1.25 bits per heavy atom. The maximum atomic E-state index is 12.7. The van der Waals surface area contributed by atoms with Crippen molar-refractivity contribution in [3.05, 3.63) is 41.1 Å². The Morgan fingerprint density at radius 2 is 2.04 bits per heavy atom. The summed E-state index contributed by atoms with van der Waals surface area (Å²) in [6.07, 6.45) is 4.14. The fourth-order valence-electron chi connectivity index (χ4n) is 3.15. The summed E-state index contributed by atoms with van der Waals surface area (Å²) in [5.41, 5.74) is 3.28. The number of carbonyl (C=O) groups is 1. The molecule has 6 nitrogen and oxygen atoms in total. The number of rotatable bonds is 6. The number of amides is 1. The molecular weight excluding hydrogens is 374 g/mol. The van der Waals surface area contributed by atoms with E-state index < -0.39 is 5.25 Å². The van der Waals surface area contributed by atoms with E-state index >= 15 is 0 Å². The summed E-state index contributed by atoms with van der Waals surface area (Å²) in [6, 6.07) is 9.37. The van der Waals surface area contributed by atoms with Crippen molar-refractivity contribution < 1.29 is 14.3 Å². The molecular formula is C21H23N3O3S. The number of pyridine rings is 1. The van der Waals surface area contributed by atoms with Gasteiger partial charge in [-0.15, -0.1) is 0 Å². The molecule has 1 aromatic carbocycles. The molecule has 0 spiro atoms. The highest BCUT2D eigenvalue weighted by atomic mass is 32.2. The molecule has 1 aromatic heterocycles. The van der Waals surface area contributed by atoms with Gasteiger partial charge in [0.05, 0.1) is 30.7 Å². The quantitative estimate of drug-likeness (QED) is 0.743. The second-order valence-corrected chi connectivity index (χ2v) is 7.91. The molecule has 28 heavy (non-hydrogen) atoms. The number of fused-ring (bicyclic) bond motifs is 1. The summed E-state index contributed by atoms with van der Waals surface area (Å²) in [5.74, 6) is 0.982. The van der Waals surface area contributed by atoms with Gasteiger partial charge >= 0.3 is 0 Å². The van der Waals surface area contributed by atoms with Crippen LogP contribution in [0.4, 0.5) is 5.69 Å². The molecule has 3 rings (SSSR count). The topological polar surface area (TPSA) is 84.2 Å². The Bertz CT molecular complexity index is 924. The minimum atomic E-state index is -0.433. The highest BCUT2D eigenvalue weighted by molar-refractivity contribution is 8.00. The fraction of sp³-hybridized carbons (Fsp3) is 0.381. The minimum absolute atomic E-state index is 0.194. The maximum absolute atomic E-state index is 12.7. The first-order valence-corrected chi connectivity index (χ1v) is 10.1. The van der Waals surface area contributed by atoms with Gasteiger partial charge in [0.1, 0.15) is 22.6 Å². The van der Waals surface area contributed by atoms with Gasteiger partial charge in [-0.1, -0.05) is 11.8 Å². The van der Waals surface area contributed by atoms with Crippen molar-refractivity contribution in [1.82, 2.24) is 4.98 Å².